The van der Waals surface area contributed by atoms with Crippen molar-refractivity contribution in [2.24, 2.45) is 0 Å². The molecular formula is C11H14N2OS. The van der Waals surface area contributed by atoms with Crippen molar-refractivity contribution in [3.63, 3.8) is 0 Å². The van der Waals surface area contributed by atoms with E-state index in [9.17, 15) is 0 Å². The molecule has 0 bridgehead atoms. The first-order chi connectivity index (χ1) is 7.38. The first-order valence-corrected chi connectivity index (χ1v) is 5.78. The van der Waals surface area contributed by atoms with Crippen molar-refractivity contribution in [2.75, 3.05) is 30.5 Å². The lowest BCUT2D eigenvalue weighted by molar-refractivity contribution is 0.415. The van der Waals surface area contributed by atoms with Crippen LogP contribution in [0.25, 0.3) is 0 Å². The second-order valence-electron chi connectivity index (χ2n) is 2.74. The van der Waals surface area contributed by atoms with E-state index in [1.807, 2.05) is 12.1 Å². The fourth-order valence-corrected chi connectivity index (χ4v) is 1.57. The van der Waals surface area contributed by atoms with Crippen molar-refractivity contribution in [1.29, 1.82) is 0 Å². The highest BCUT2D eigenvalue weighted by Gasteiger charge is 2.00. The van der Waals surface area contributed by atoms with Crippen LogP contribution in [0.15, 0.2) is 18.3 Å². The van der Waals surface area contributed by atoms with E-state index in [0.717, 1.165) is 29.6 Å². The van der Waals surface area contributed by atoms with Crippen molar-refractivity contribution in [3.05, 3.63) is 18.3 Å². The zero-order valence-corrected chi connectivity index (χ0v) is 9.51. The van der Waals surface area contributed by atoms with Crippen LogP contribution in [0.4, 0.5) is 5.82 Å². The molecule has 0 saturated carbocycles. The lowest BCUT2D eigenvalue weighted by Gasteiger charge is -2.08. The summed E-state index contributed by atoms with van der Waals surface area (Å²) in [5.74, 6) is 5.84. The van der Waals surface area contributed by atoms with Crippen LogP contribution in [0.3, 0.4) is 0 Å². The Bertz CT molecular complexity index is 336. The summed E-state index contributed by atoms with van der Waals surface area (Å²) in [5.41, 5.74) is 0. The van der Waals surface area contributed by atoms with Gasteiger partial charge in [0.1, 0.15) is 0 Å². The minimum atomic E-state index is 0.751. The fraction of sp³-hybridized carbons (Fsp3) is 0.364. The lowest BCUT2D eigenvalue weighted by atomic mass is 10.4. The first kappa shape index (κ1) is 11.7. The van der Waals surface area contributed by atoms with Gasteiger partial charge in [-0.15, -0.1) is 18.2 Å². The minimum absolute atomic E-state index is 0.751. The zero-order chi connectivity index (χ0) is 10.9. The van der Waals surface area contributed by atoms with Crippen molar-refractivity contribution in [2.45, 2.75) is 0 Å². The molecule has 0 spiro atoms. The van der Waals surface area contributed by atoms with Crippen LogP contribution in [-0.2, 0) is 0 Å². The topological polar surface area (TPSA) is 34.2 Å². The molecule has 0 amide bonds. The standard InChI is InChI=1S/C11H14N2OS/c1-3-8-15-9-7-13-11-10(14-2)5-4-6-12-11/h1,4-6H,7-9H2,2H3,(H,12,13). The van der Waals surface area contributed by atoms with Crippen LogP contribution in [0, 0.1) is 12.3 Å². The van der Waals surface area contributed by atoms with Gasteiger partial charge in [0.15, 0.2) is 11.6 Å². The smallest absolute Gasteiger partial charge is 0.168 e. The normalized spacial score (nSPS) is 9.33. The largest absolute Gasteiger partial charge is 0.493 e. The molecule has 0 aliphatic carbocycles. The fourth-order valence-electron chi connectivity index (χ4n) is 1.06. The number of nitrogens with zero attached hydrogens (tertiary/aromatic N) is 1. The van der Waals surface area contributed by atoms with E-state index >= 15 is 0 Å². The monoisotopic (exact) mass is 222 g/mol. The average Bonchev–Trinajstić information content (AvgIpc) is 2.29. The van der Waals surface area contributed by atoms with Crippen LogP contribution in [0.5, 0.6) is 5.75 Å². The Morgan fingerprint density at radius 1 is 1.67 bits per heavy atom. The first-order valence-electron chi connectivity index (χ1n) is 4.62. The van der Waals surface area contributed by atoms with Gasteiger partial charge in [0.05, 0.1) is 12.9 Å². The van der Waals surface area contributed by atoms with E-state index in [2.05, 4.69) is 16.2 Å². The molecule has 1 rings (SSSR count). The van der Waals surface area contributed by atoms with Crippen molar-refractivity contribution in [3.8, 4) is 18.1 Å². The molecule has 0 aliphatic rings. The van der Waals surface area contributed by atoms with E-state index in [0.29, 0.717) is 0 Å². The van der Waals surface area contributed by atoms with E-state index in [1.54, 1.807) is 25.1 Å². The summed E-state index contributed by atoms with van der Waals surface area (Å²) >= 11 is 1.72. The number of ether oxygens (including phenoxy) is 1. The summed E-state index contributed by atoms with van der Waals surface area (Å²) in [7, 11) is 1.63. The van der Waals surface area contributed by atoms with Gasteiger partial charge in [-0.25, -0.2) is 4.98 Å². The molecule has 1 heterocycles. The molecule has 0 atom stereocenters. The number of aromatic nitrogens is 1. The number of anilines is 1. The third-order valence-electron chi connectivity index (χ3n) is 1.71. The van der Waals surface area contributed by atoms with Gasteiger partial charge in [0, 0.05) is 18.5 Å². The molecule has 1 aromatic heterocycles. The summed E-state index contributed by atoms with van der Waals surface area (Å²) in [6.45, 7) is 0.833. The maximum Gasteiger partial charge on any atom is 0.168 e. The number of thioether (sulfide) groups is 1. The Hall–Kier alpha value is -1.34. The highest BCUT2D eigenvalue weighted by Crippen LogP contribution is 2.19. The van der Waals surface area contributed by atoms with E-state index < -0.39 is 0 Å². The molecule has 0 unspecified atom stereocenters. The highest BCUT2D eigenvalue weighted by atomic mass is 32.2. The van der Waals surface area contributed by atoms with Crippen molar-refractivity contribution in [1.82, 2.24) is 4.98 Å². The molecule has 80 valence electrons. The Labute approximate surface area is 94.6 Å². The molecule has 0 fully saturated rings. The van der Waals surface area contributed by atoms with Gasteiger partial charge in [-0.2, -0.15) is 0 Å². The van der Waals surface area contributed by atoms with Crippen LogP contribution in [-0.4, -0.2) is 30.1 Å². The number of hydrogen-bond acceptors (Lipinski definition) is 4. The quantitative estimate of drug-likeness (QED) is 0.588. The lowest BCUT2D eigenvalue weighted by Crippen LogP contribution is -2.07. The molecule has 0 saturated heterocycles. The second kappa shape index (κ2) is 7.02. The molecule has 0 radical (unpaired) electrons. The third kappa shape index (κ3) is 4.13. The van der Waals surface area contributed by atoms with E-state index in [1.165, 1.54) is 0 Å². The average molecular weight is 222 g/mol. The second-order valence-corrected chi connectivity index (χ2v) is 3.84. The van der Waals surface area contributed by atoms with Crippen LogP contribution in [0.2, 0.25) is 0 Å². The van der Waals surface area contributed by atoms with Gasteiger partial charge in [-0.1, -0.05) is 5.92 Å². The van der Waals surface area contributed by atoms with Gasteiger partial charge in [-0.3, -0.25) is 0 Å². The summed E-state index contributed by atoms with van der Waals surface area (Å²) in [6.07, 6.45) is 6.88. The number of nitrogens with one attached hydrogen (secondary N) is 1. The van der Waals surface area contributed by atoms with Gasteiger partial charge >= 0.3 is 0 Å². The zero-order valence-electron chi connectivity index (χ0n) is 8.69. The Balaban J connectivity index is 2.34. The van der Waals surface area contributed by atoms with Gasteiger partial charge in [0.2, 0.25) is 0 Å². The number of hydrogen-bond donors (Lipinski definition) is 1. The summed E-state index contributed by atoms with van der Waals surface area (Å²) in [4.78, 5) is 4.18. The molecule has 0 aliphatic heterocycles. The Kier molecular flexibility index (Phi) is 5.49. The molecular weight excluding hydrogens is 208 g/mol. The number of rotatable bonds is 6. The van der Waals surface area contributed by atoms with Crippen LogP contribution >= 0.6 is 11.8 Å². The van der Waals surface area contributed by atoms with Crippen molar-refractivity contribution < 1.29 is 4.74 Å². The van der Waals surface area contributed by atoms with Gasteiger partial charge < -0.3 is 10.1 Å². The van der Waals surface area contributed by atoms with Crippen molar-refractivity contribution >= 4 is 17.6 Å². The highest BCUT2D eigenvalue weighted by molar-refractivity contribution is 7.99. The van der Waals surface area contributed by atoms with Crippen LogP contribution < -0.4 is 10.1 Å². The number of pyridine rings is 1. The molecule has 0 aromatic carbocycles. The molecule has 4 heteroatoms. The Morgan fingerprint density at radius 2 is 2.53 bits per heavy atom. The van der Waals surface area contributed by atoms with Gasteiger partial charge in [-0.05, 0) is 12.1 Å². The van der Waals surface area contributed by atoms with E-state index in [-0.39, 0.29) is 0 Å². The predicted octanol–water partition coefficient (Wildman–Crippen LogP) is 1.87. The Morgan fingerprint density at radius 3 is 3.27 bits per heavy atom. The maximum absolute atomic E-state index is 5.16. The van der Waals surface area contributed by atoms with Gasteiger partial charge in [0.25, 0.3) is 0 Å². The predicted molar refractivity (Wildman–Crippen MR) is 65.4 cm³/mol. The maximum atomic E-state index is 5.16. The number of terminal acetylenes is 1. The summed E-state index contributed by atoms with van der Waals surface area (Å²) in [6, 6.07) is 3.72. The molecule has 3 nitrogen and oxygen atoms in total. The van der Waals surface area contributed by atoms with Crippen LogP contribution in [0.1, 0.15) is 0 Å². The number of methoxy groups -OCH3 is 1. The summed E-state index contributed by atoms with van der Waals surface area (Å²) in [5, 5.41) is 3.20. The molecule has 15 heavy (non-hydrogen) atoms. The molecule has 1 N–H and O–H groups in total. The minimum Gasteiger partial charge on any atom is -0.493 e. The molecule has 1 aromatic rings. The summed E-state index contributed by atoms with van der Waals surface area (Å²) < 4.78 is 5.16. The third-order valence-corrected chi connectivity index (χ3v) is 2.58. The SMILES string of the molecule is C#CCSCCNc1ncccc1OC. The van der Waals surface area contributed by atoms with E-state index in [4.69, 9.17) is 11.2 Å².